The maximum atomic E-state index is 11.0. The lowest BCUT2D eigenvalue weighted by Gasteiger charge is -2.11. The van der Waals surface area contributed by atoms with E-state index in [-0.39, 0.29) is 22.5 Å². The molecule has 1 aromatic heterocycles. The van der Waals surface area contributed by atoms with Crippen molar-refractivity contribution in [2.45, 2.75) is 25.0 Å². The standard InChI is InChI=1S/C10H13ClN4O2S/c1-6-8(15(16)17)9(14-10(11)13-6)12-5-7-3-2-4-18-7/h7H,2-5H2,1H3,(H,12,13,14). The van der Waals surface area contributed by atoms with E-state index in [2.05, 4.69) is 15.3 Å². The van der Waals surface area contributed by atoms with Crippen molar-refractivity contribution in [1.29, 1.82) is 0 Å². The minimum Gasteiger partial charge on any atom is -0.363 e. The third-order valence-electron chi connectivity index (χ3n) is 2.73. The third-order valence-corrected chi connectivity index (χ3v) is 4.30. The lowest BCUT2D eigenvalue weighted by atomic mass is 10.2. The second-order valence-corrected chi connectivity index (χ2v) is 5.79. The largest absolute Gasteiger partial charge is 0.363 e. The average molecular weight is 289 g/mol. The van der Waals surface area contributed by atoms with Gasteiger partial charge in [0.05, 0.1) is 4.92 Å². The summed E-state index contributed by atoms with van der Waals surface area (Å²) in [7, 11) is 0. The van der Waals surface area contributed by atoms with Gasteiger partial charge in [0.15, 0.2) is 0 Å². The number of nitrogens with zero attached hydrogens (tertiary/aromatic N) is 3. The Morgan fingerprint density at radius 3 is 3.00 bits per heavy atom. The second kappa shape index (κ2) is 5.71. The molecule has 0 spiro atoms. The van der Waals surface area contributed by atoms with E-state index in [4.69, 9.17) is 11.6 Å². The van der Waals surface area contributed by atoms with E-state index >= 15 is 0 Å². The van der Waals surface area contributed by atoms with Crippen molar-refractivity contribution in [2.75, 3.05) is 17.6 Å². The van der Waals surface area contributed by atoms with E-state index in [0.717, 1.165) is 12.2 Å². The maximum absolute atomic E-state index is 11.0. The van der Waals surface area contributed by atoms with Crippen molar-refractivity contribution in [3.63, 3.8) is 0 Å². The molecule has 0 amide bonds. The van der Waals surface area contributed by atoms with Gasteiger partial charge in [0.25, 0.3) is 0 Å². The molecule has 1 atom stereocenters. The smallest absolute Gasteiger partial charge is 0.332 e. The minimum atomic E-state index is -0.476. The fourth-order valence-electron chi connectivity index (χ4n) is 1.89. The summed E-state index contributed by atoms with van der Waals surface area (Å²) < 4.78 is 0. The van der Waals surface area contributed by atoms with E-state index in [1.165, 1.54) is 6.42 Å². The summed E-state index contributed by atoms with van der Waals surface area (Å²) in [5, 5.41) is 14.5. The van der Waals surface area contributed by atoms with Gasteiger partial charge in [0, 0.05) is 11.8 Å². The normalized spacial score (nSPS) is 18.9. The van der Waals surface area contributed by atoms with Gasteiger partial charge in [-0.1, -0.05) is 0 Å². The summed E-state index contributed by atoms with van der Waals surface area (Å²) in [6.45, 7) is 2.22. The van der Waals surface area contributed by atoms with E-state index < -0.39 is 4.92 Å². The van der Waals surface area contributed by atoms with Crippen LogP contribution in [0.15, 0.2) is 0 Å². The minimum absolute atomic E-state index is 0.0275. The summed E-state index contributed by atoms with van der Waals surface area (Å²) in [6, 6.07) is 0. The van der Waals surface area contributed by atoms with Gasteiger partial charge in [0.1, 0.15) is 5.69 Å². The van der Waals surface area contributed by atoms with Gasteiger partial charge in [-0.2, -0.15) is 16.7 Å². The summed E-state index contributed by atoms with van der Waals surface area (Å²) >= 11 is 7.61. The van der Waals surface area contributed by atoms with Gasteiger partial charge >= 0.3 is 5.69 Å². The Labute approximate surface area is 114 Å². The molecule has 1 N–H and O–H groups in total. The van der Waals surface area contributed by atoms with Crippen LogP contribution in [-0.2, 0) is 0 Å². The van der Waals surface area contributed by atoms with Crippen LogP contribution in [-0.4, -0.2) is 32.4 Å². The SMILES string of the molecule is Cc1nc(Cl)nc(NCC2CCCS2)c1[N+](=O)[O-]. The fourth-order valence-corrected chi connectivity index (χ4v) is 3.30. The molecule has 1 aliphatic heterocycles. The number of hydrogen-bond acceptors (Lipinski definition) is 6. The molecule has 0 bridgehead atoms. The molecule has 1 saturated heterocycles. The number of aryl methyl sites for hydroxylation is 1. The zero-order chi connectivity index (χ0) is 13.1. The van der Waals surface area contributed by atoms with Gasteiger partial charge in [-0.15, -0.1) is 0 Å². The highest BCUT2D eigenvalue weighted by atomic mass is 35.5. The number of nitro groups is 1. The molecule has 8 heteroatoms. The molecular weight excluding hydrogens is 276 g/mol. The highest BCUT2D eigenvalue weighted by Gasteiger charge is 2.23. The van der Waals surface area contributed by atoms with Crippen molar-refractivity contribution in [3.8, 4) is 0 Å². The van der Waals surface area contributed by atoms with Crippen LogP contribution in [0.3, 0.4) is 0 Å². The Morgan fingerprint density at radius 1 is 1.61 bits per heavy atom. The Kier molecular flexibility index (Phi) is 4.23. The molecule has 0 aliphatic carbocycles. The number of anilines is 1. The van der Waals surface area contributed by atoms with Crippen molar-refractivity contribution in [1.82, 2.24) is 9.97 Å². The predicted octanol–water partition coefficient (Wildman–Crippen LogP) is 2.65. The van der Waals surface area contributed by atoms with Gasteiger partial charge in [0.2, 0.25) is 11.1 Å². The number of rotatable bonds is 4. The molecule has 0 radical (unpaired) electrons. The first-order valence-corrected chi connectivity index (χ1v) is 7.04. The van der Waals surface area contributed by atoms with Gasteiger partial charge in [-0.05, 0) is 37.1 Å². The fraction of sp³-hybridized carbons (Fsp3) is 0.600. The first kappa shape index (κ1) is 13.4. The van der Waals surface area contributed by atoms with E-state index in [9.17, 15) is 10.1 Å². The summed E-state index contributed by atoms with van der Waals surface area (Å²) in [5.41, 5.74) is 0.184. The zero-order valence-corrected chi connectivity index (χ0v) is 11.4. The number of halogens is 1. The van der Waals surface area contributed by atoms with Crippen LogP contribution in [0, 0.1) is 17.0 Å². The Morgan fingerprint density at radius 2 is 2.39 bits per heavy atom. The highest BCUT2D eigenvalue weighted by Crippen LogP contribution is 2.29. The number of hydrogen-bond donors (Lipinski definition) is 1. The maximum Gasteiger partial charge on any atom is 0.332 e. The molecule has 1 aromatic rings. The highest BCUT2D eigenvalue weighted by molar-refractivity contribution is 8.00. The summed E-state index contributed by atoms with van der Waals surface area (Å²) in [4.78, 5) is 18.2. The monoisotopic (exact) mass is 288 g/mol. The molecule has 98 valence electrons. The third kappa shape index (κ3) is 3.02. The number of aromatic nitrogens is 2. The van der Waals surface area contributed by atoms with Crippen LogP contribution in [0.2, 0.25) is 5.28 Å². The zero-order valence-electron chi connectivity index (χ0n) is 9.85. The van der Waals surface area contributed by atoms with Crippen molar-refractivity contribution >= 4 is 34.9 Å². The molecule has 2 heterocycles. The van der Waals surface area contributed by atoms with E-state index in [1.807, 2.05) is 11.8 Å². The lowest BCUT2D eigenvalue weighted by molar-refractivity contribution is -0.385. The predicted molar refractivity (Wildman–Crippen MR) is 72.4 cm³/mol. The quantitative estimate of drug-likeness (QED) is 0.521. The summed E-state index contributed by atoms with van der Waals surface area (Å²) in [6.07, 6.45) is 2.33. The lowest BCUT2D eigenvalue weighted by Crippen LogP contribution is -2.16. The Balaban J connectivity index is 2.16. The van der Waals surface area contributed by atoms with Crippen molar-refractivity contribution in [3.05, 3.63) is 21.1 Å². The molecule has 18 heavy (non-hydrogen) atoms. The van der Waals surface area contributed by atoms with Gasteiger partial charge in [-0.3, -0.25) is 10.1 Å². The molecule has 0 saturated carbocycles. The summed E-state index contributed by atoms with van der Waals surface area (Å²) in [5.74, 6) is 1.36. The molecule has 6 nitrogen and oxygen atoms in total. The van der Waals surface area contributed by atoms with Crippen LogP contribution in [0.4, 0.5) is 11.5 Å². The first-order chi connectivity index (χ1) is 8.58. The van der Waals surface area contributed by atoms with Crippen molar-refractivity contribution in [2.24, 2.45) is 0 Å². The van der Waals surface area contributed by atoms with E-state index in [1.54, 1.807) is 6.92 Å². The molecule has 1 aliphatic rings. The van der Waals surface area contributed by atoms with Crippen LogP contribution in [0.5, 0.6) is 0 Å². The second-order valence-electron chi connectivity index (χ2n) is 4.05. The van der Waals surface area contributed by atoms with Crippen LogP contribution < -0.4 is 5.32 Å². The van der Waals surface area contributed by atoms with Gasteiger partial charge < -0.3 is 5.32 Å². The number of thioether (sulfide) groups is 1. The van der Waals surface area contributed by atoms with E-state index in [0.29, 0.717) is 11.8 Å². The molecule has 1 unspecified atom stereocenters. The Hall–Kier alpha value is -1.08. The van der Waals surface area contributed by atoms with Crippen LogP contribution in [0.25, 0.3) is 0 Å². The van der Waals surface area contributed by atoms with Crippen LogP contribution in [0.1, 0.15) is 18.5 Å². The molecule has 0 aromatic carbocycles. The first-order valence-electron chi connectivity index (χ1n) is 5.62. The van der Waals surface area contributed by atoms with Crippen molar-refractivity contribution < 1.29 is 4.92 Å². The molecular formula is C10H13ClN4O2S. The Bertz CT molecular complexity index is 465. The van der Waals surface area contributed by atoms with Crippen LogP contribution >= 0.6 is 23.4 Å². The molecule has 1 fully saturated rings. The van der Waals surface area contributed by atoms with Gasteiger partial charge in [-0.25, -0.2) is 4.98 Å². The average Bonchev–Trinajstić information content (AvgIpc) is 2.77. The molecule has 2 rings (SSSR count). The topological polar surface area (TPSA) is 81.0 Å². The number of nitrogens with one attached hydrogen (secondary N) is 1.